The lowest BCUT2D eigenvalue weighted by Gasteiger charge is -2.27. The van der Waals surface area contributed by atoms with Crippen LogP contribution in [-0.2, 0) is 16.4 Å². The number of hydrogen-bond acceptors (Lipinski definition) is 4. The van der Waals surface area contributed by atoms with Gasteiger partial charge in [-0.1, -0.05) is 25.1 Å². The van der Waals surface area contributed by atoms with Crippen LogP contribution in [0.15, 0.2) is 29.2 Å². The van der Waals surface area contributed by atoms with Gasteiger partial charge in [-0.05, 0) is 18.1 Å². The number of halogens is 2. The van der Waals surface area contributed by atoms with Gasteiger partial charge in [0, 0.05) is 39.3 Å². The molecule has 0 saturated carbocycles. The number of hydrogen-bond donors (Lipinski definition) is 2. The van der Waals surface area contributed by atoms with Crippen LogP contribution in [0.4, 0.5) is 0 Å². The van der Waals surface area contributed by atoms with Crippen molar-refractivity contribution in [1.82, 2.24) is 14.9 Å². The van der Waals surface area contributed by atoms with Gasteiger partial charge < -0.3 is 5.32 Å². The van der Waals surface area contributed by atoms with Gasteiger partial charge in [0.25, 0.3) is 0 Å². The first kappa shape index (κ1) is 21.6. The van der Waals surface area contributed by atoms with Crippen LogP contribution in [0.5, 0.6) is 0 Å². The Bertz CT molecular complexity index is 535. The summed E-state index contributed by atoms with van der Waals surface area (Å²) in [5, 5.41) is 3.28. The van der Waals surface area contributed by atoms with E-state index in [0.717, 1.165) is 44.7 Å². The van der Waals surface area contributed by atoms with Crippen LogP contribution in [0.1, 0.15) is 12.5 Å². The Labute approximate surface area is 145 Å². The quantitative estimate of drug-likeness (QED) is 0.792. The third-order valence-electron chi connectivity index (χ3n) is 3.57. The Balaban J connectivity index is 0.00000220. The first-order valence-corrected chi connectivity index (χ1v) is 8.62. The minimum Gasteiger partial charge on any atom is -0.314 e. The average Bonchev–Trinajstić information content (AvgIpc) is 2.48. The van der Waals surface area contributed by atoms with Crippen LogP contribution < -0.4 is 10.0 Å². The number of nitrogens with one attached hydrogen (secondary N) is 2. The number of rotatable bonds is 6. The highest BCUT2D eigenvalue weighted by Gasteiger charge is 2.17. The molecule has 0 aromatic heterocycles. The van der Waals surface area contributed by atoms with E-state index in [0.29, 0.717) is 11.4 Å². The predicted octanol–water partition coefficient (Wildman–Crippen LogP) is 1.28. The first-order valence-electron chi connectivity index (χ1n) is 7.14. The zero-order chi connectivity index (χ0) is 14.4. The van der Waals surface area contributed by atoms with Crippen molar-refractivity contribution < 1.29 is 8.42 Å². The number of piperazine rings is 1. The van der Waals surface area contributed by atoms with Crippen molar-refractivity contribution in [2.75, 3.05) is 39.3 Å². The molecule has 1 saturated heterocycles. The lowest BCUT2D eigenvalue weighted by Crippen LogP contribution is -2.46. The highest BCUT2D eigenvalue weighted by molar-refractivity contribution is 7.89. The van der Waals surface area contributed by atoms with Gasteiger partial charge in [0.15, 0.2) is 0 Å². The highest BCUT2D eigenvalue weighted by atomic mass is 35.5. The zero-order valence-electron chi connectivity index (χ0n) is 12.7. The van der Waals surface area contributed by atoms with Gasteiger partial charge in [-0.15, -0.1) is 24.8 Å². The van der Waals surface area contributed by atoms with E-state index in [1.165, 1.54) is 0 Å². The fourth-order valence-electron chi connectivity index (χ4n) is 2.41. The Morgan fingerprint density at radius 3 is 2.45 bits per heavy atom. The molecule has 0 aliphatic carbocycles. The summed E-state index contributed by atoms with van der Waals surface area (Å²) in [6.45, 7) is 7.10. The second-order valence-electron chi connectivity index (χ2n) is 4.95. The average molecular weight is 370 g/mol. The Morgan fingerprint density at radius 2 is 1.82 bits per heavy atom. The normalized spacial score (nSPS) is 15.7. The molecule has 2 N–H and O–H groups in total. The molecule has 5 nitrogen and oxygen atoms in total. The lowest BCUT2D eigenvalue weighted by atomic mass is 10.2. The van der Waals surface area contributed by atoms with Gasteiger partial charge in [0.05, 0.1) is 4.90 Å². The maximum Gasteiger partial charge on any atom is 0.240 e. The van der Waals surface area contributed by atoms with Gasteiger partial charge >= 0.3 is 0 Å². The van der Waals surface area contributed by atoms with E-state index >= 15 is 0 Å². The molecule has 0 atom stereocenters. The van der Waals surface area contributed by atoms with Crippen molar-refractivity contribution in [3.63, 3.8) is 0 Å². The van der Waals surface area contributed by atoms with Crippen molar-refractivity contribution >= 4 is 34.8 Å². The second kappa shape index (κ2) is 10.4. The Hall–Kier alpha value is -0.370. The molecule has 1 fully saturated rings. The first-order chi connectivity index (χ1) is 9.63. The zero-order valence-corrected chi connectivity index (χ0v) is 15.2. The summed E-state index contributed by atoms with van der Waals surface area (Å²) in [6, 6.07) is 7.18. The molecule has 22 heavy (non-hydrogen) atoms. The van der Waals surface area contributed by atoms with Gasteiger partial charge in [-0.2, -0.15) is 0 Å². The maximum absolute atomic E-state index is 12.3. The SMILES string of the molecule is CCc1ccccc1S(=O)(=O)NCCN1CCNCC1.Cl.Cl. The summed E-state index contributed by atoms with van der Waals surface area (Å²) >= 11 is 0. The smallest absolute Gasteiger partial charge is 0.240 e. The fourth-order valence-corrected chi connectivity index (χ4v) is 3.74. The molecule has 1 aromatic rings. The number of nitrogens with zero attached hydrogens (tertiary/aromatic N) is 1. The molecule has 128 valence electrons. The fraction of sp³-hybridized carbons (Fsp3) is 0.571. The van der Waals surface area contributed by atoms with Crippen molar-refractivity contribution in [3.8, 4) is 0 Å². The molecule has 0 unspecified atom stereocenters. The molecule has 1 aromatic carbocycles. The Kier molecular flexibility index (Phi) is 10.2. The van der Waals surface area contributed by atoms with Gasteiger partial charge in [0.2, 0.25) is 10.0 Å². The van der Waals surface area contributed by atoms with Crippen LogP contribution in [0.25, 0.3) is 0 Å². The number of aryl methyl sites for hydroxylation is 1. The van der Waals surface area contributed by atoms with E-state index in [2.05, 4.69) is 14.9 Å². The van der Waals surface area contributed by atoms with Gasteiger partial charge in [-0.25, -0.2) is 13.1 Å². The molecule has 2 rings (SSSR count). The standard InChI is InChI=1S/C14H23N3O2S.2ClH/c1-2-13-5-3-4-6-14(13)20(18,19)16-9-12-17-10-7-15-8-11-17;;/h3-6,15-16H,2,7-12H2,1H3;2*1H. The monoisotopic (exact) mass is 369 g/mol. The molecule has 1 aliphatic rings. The summed E-state index contributed by atoms with van der Waals surface area (Å²) < 4.78 is 27.3. The largest absolute Gasteiger partial charge is 0.314 e. The second-order valence-corrected chi connectivity index (χ2v) is 6.69. The molecule has 0 amide bonds. The van der Waals surface area contributed by atoms with E-state index < -0.39 is 10.0 Å². The van der Waals surface area contributed by atoms with Crippen LogP contribution >= 0.6 is 24.8 Å². The van der Waals surface area contributed by atoms with Crippen molar-refractivity contribution in [1.29, 1.82) is 0 Å². The minimum absolute atomic E-state index is 0. The van der Waals surface area contributed by atoms with Crippen LogP contribution in [0.3, 0.4) is 0 Å². The Morgan fingerprint density at radius 1 is 1.18 bits per heavy atom. The summed E-state index contributed by atoms with van der Waals surface area (Å²) in [7, 11) is -3.40. The molecule has 0 radical (unpaired) electrons. The maximum atomic E-state index is 12.3. The third kappa shape index (κ3) is 6.02. The third-order valence-corrected chi connectivity index (χ3v) is 5.13. The van der Waals surface area contributed by atoms with Crippen LogP contribution in [-0.4, -0.2) is 52.6 Å². The summed E-state index contributed by atoms with van der Waals surface area (Å²) in [6.07, 6.45) is 0.717. The number of benzene rings is 1. The number of sulfonamides is 1. The van der Waals surface area contributed by atoms with E-state index in [9.17, 15) is 8.42 Å². The molecule has 0 spiro atoms. The summed E-state index contributed by atoms with van der Waals surface area (Å²) in [4.78, 5) is 2.67. The summed E-state index contributed by atoms with van der Waals surface area (Å²) in [5.41, 5.74) is 0.863. The summed E-state index contributed by atoms with van der Waals surface area (Å²) in [5.74, 6) is 0. The molecule has 1 heterocycles. The molecular formula is C14H25Cl2N3O2S. The van der Waals surface area contributed by atoms with E-state index in [4.69, 9.17) is 0 Å². The van der Waals surface area contributed by atoms with Gasteiger partial charge in [0.1, 0.15) is 0 Å². The van der Waals surface area contributed by atoms with Crippen LogP contribution in [0.2, 0.25) is 0 Å². The van der Waals surface area contributed by atoms with Crippen molar-refractivity contribution in [3.05, 3.63) is 29.8 Å². The topological polar surface area (TPSA) is 61.4 Å². The van der Waals surface area contributed by atoms with E-state index in [-0.39, 0.29) is 24.8 Å². The molecular weight excluding hydrogens is 345 g/mol. The van der Waals surface area contributed by atoms with Crippen molar-refractivity contribution in [2.24, 2.45) is 0 Å². The van der Waals surface area contributed by atoms with E-state index in [1.54, 1.807) is 12.1 Å². The van der Waals surface area contributed by atoms with Crippen molar-refractivity contribution in [2.45, 2.75) is 18.2 Å². The minimum atomic E-state index is -3.40. The van der Waals surface area contributed by atoms with E-state index in [1.807, 2.05) is 19.1 Å². The lowest BCUT2D eigenvalue weighted by molar-refractivity contribution is 0.245. The predicted molar refractivity (Wildman–Crippen MR) is 94.8 cm³/mol. The van der Waals surface area contributed by atoms with Gasteiger partial charge in [-0.3, -0.25) is 4.90 Å². The highest BCUT2D eigenvalue weighted by Crippen LogP contribution is 2.15. The molecule has 1 aliphatic heterocycles. The molecule has 0 bridgehead atoms. The van der Waals surface area contributed by atoms with Crippen LogP contribution in [0, 0.1) is 0 Å². The molecule has 8 heteroatoms.